The fourth-order valence-corrected chi connectivity index (χ4v) is 1.85. The average molecular weight is 243 g/mol. The molecule has 1 atom stereocenters. The minimum atomic E-state index is 0.188. The topological polar surface area (TPSA) is 38.5 Å². The van der Waals surface area contributed by atoms with Crippen molar-refractivity contribution in [2.24, 2.45) is 0 Å². The van der Waals surface area contributed by atoms with Crippen molar-refractivity contribution in [3.8, 4) is 5.75 Å². The number of fused-ring (bicyclic) bond motifs is 1. The molecule has 4 heteroatoms. The summed E-state index contributed by atoms with van der Waals surface area (Å²) in [6, 6.07) is 3.63. The Morgan fingerprint density at radius 3 is 2.69 bits per heavy atom. The van der Waals surface area contributed by atoms with Gasteiger partial charge in [0.05, 0.1) is 22.9 Å². The van der Waals surface area contributed by atoms with Crippen LogP contribution in [0.5, 0.6) is 5.75 Å². The summed E-state index contributed by atoms with van der Waals surface area (Å²) < 4.78 is 5.66. The third-order valence-electron chi connectivity index (χ3n) is 2.35. The second-order valence-corrected chi connectivity index (χ2v) is 4.06. The molecule has 1 aliphatic rings. The second-order valence-electron chi connectivity index (χ2n) is 3.65. The Hall–Kier alpha value is -1.09. The summed E-state index contributed by atoms with van der Waals surface area (Å²) in [6.07, 6.45) is 0.188. The predicted octanol–water partition coefficient (Wildman–Crippen LogP) is 3.17. The van der Waals surface area contributed by atoms with E-state index in [2.05, 4.69) is 4.90 Å². The van der Waals surface area contributed by atoms with Gasteiger partial charge in [-0.1, -0.05) is 25.4 Å². The van der Waals surface area contributed by atoms with Crippen molar-refractivity contribution in [2.75, 3.05) is 24.2 Å². The Morgan fingerprint density at radius 2 is 2.06 bits per heavy atom. The maximum absolute atomic E-state index is 5.94. The number of hydrogen-bond donors (Lipinski definition) is 1. The number of anilines is 2. The monoisotopic (exact) mass is 242 g/mol. The first-order valence-electron chi connectivity index (χ1n) is 5.54. The maximum Gasteiger partial charge on any atom is 0.145 e. The smallest absolute Gasteiger partial charge is 0.145 e. The molecule has 1 unspecified atom stereocenters. The molecule has 0 aliphatic carbocycles. The highest BCUT2D eigenvalue weighted by Gasteiger charge is 2.21. The van der Waals surface area contributed by atoms with Crippen LogP contribution in [-0.4, -0.2) is 19.7 Å². The first-order chi connectivity index (χ1) is 7.58. The van der Waals surface area contributed by atoms with E-state index in [-0.39, 0.29) is 6.10 Å². The van der Waals surface area contributed by atoms with Gasteiger partial charge in [-0.05, 0) is 13.0 Å². The second kappa shape index (κ2) is 5.30. The number of nitrogens with two attached hydrogens (primary N) is 1. The Labute approximate surface area is 102 Å². The van der Waals surface area contributed by atoms with Crippen molar-refractivity contribution in [2.45, 2.75) is 26.9 Å². The summed E-state index contributed by atoms with van der Waals surface area (Å²) in [7, 11) is 2.02. The number of likely N-dealkylation sites (N-methyl/N-ethyl adjacent to an activating group) is 1. The highest BCUT2D eigenvalue weighted by atomic mass is 35.5. The number of ether oxygens (including phenoxy) is 1. The van der Waals surface area contributed by atoms with Crippen LogP contribution in [0, 0.1) is 0 Å². The van der Waals surface area contributed by atoms with Gasteiger partial charge in [0.25, 0.3) is 0 Å². The highest BCUT2D eigenvalue weighted by molar-refractivity contribution is 6.33. The molecular weight excluding hydrogens is 224 g/mol. The molecule has 3 nitrogen and oxygen atoms in total. The van der Waals surface area contributed by atoms with E-state index in [1.54, 1.807) is 6.07 Å². The molecular formula is C12H19ClN2O. The summed E-state index contributed by atoms with van der Waals surface area (Å²) >= 11 is 5.94. The summed E-state index contributed by atoms with van der Waals surface area (Å²) in [5.74, 6) is 0.813. The molecule has 0 saturated carbocycles. The molecule has 1 aromatic carbocycles. The molecule has 1 aliphatic heterocycles. The molecule has 0 aromatic heterocycles. The van der Waals surface area contributed by atoms with Crippen LogP contribution in [0.15, 0.2) is 12.1 Å². The SMILES string of the molecule is CC.CC1CN(C)c2cc(Cl)c(N)cc2O1. The van der Waals surface area contributed by atoms with Gasteiger partial charge in [0.15, 0.2) is 0 Å². The van der Waals surface area contributed by atoms with Crippen LogP contribution in [-0.2, 0) is 0 Å². The molecule has 2 rings (SSSR count). The molecule has 1 heterocycles. The van der Waals surface area contributed by atoms with Crippen LogP contribution in [0.1, 0.15) is 20.8 Å². The van der Waals surface area contributed by atoms with Crippen LogP contribution < -0.4 is 15.4 Å². The van der Waals surface area contributed by atoms with Crippen molar-refractivity contribution < 1.29 is 4.74 Å². The molecule has 0 radical (unpaired) electrons. The molecule has 0 fully saturated rings. The summed E-state index contributed by atoms with van der Waals surface area (Å²) in [4.78, 5) is 2.12. The molecule has 0 amide bonds. The van der Waals surface area contributed by atoms with Crippen molar-refractivity contribution in [3.05, 3.63) is 17.2 Å². The lowest BCUT2D eigenvalue weighted by Crippen LogP contribution is -2.35. The van der Waals surface area contributed by atoms with E-state index in [0.29, 0.717) is 10.7 Å². The predicted molar refractivity (Wildman–Crippen MR) is 70.6 cm³/mol. The number of hydrogen-bond acceptors (Lipinski definition) is 3. The maximum atomic E-state index is 5.94. The van der Waals surface area contributed by atoms with Gasteiger partial charge in [0.1, 0.15) is 11.9 Å². The van der Waals surface area contributed by atoms with Crippen LogP contribution in [0.25, 0.3) is 0 Å². The molecule has 90 valence electrons. The van der Waals surface area contributed by atoms with Crippen molar-refractivity contribution >= 4 is 23.0 Å². The molecule has 0 bridgehead atoms. The van der Waals surface area contributed by atoms with Gasteiger partial charge in [-0.25, -0.2) is 0 Å². The summed E-state index contributed by atoms with van der Waals surface area (Å²) in [6.45, 7) is 6.90. The lowest BCUT2D eigenvalue weighted by molar-refractivity contribution is 0.215. The largest absolute Gasteiger partial charge is 0.487 e. The zero-order valence-corrected chi connectivity index (χ0v) is 11.0. The third-order valence-corrected chi connectivity index (χ3v) is 2.68. The van der Waals surface area contributed by atoms with Gasteiger partial charge in [-0.3, -0.25) is 0 Å². The van der Waals surface area contributed by atoms with Gasteiger partial charge in [0.2, 0.25) is 0 Å². The van der Waals surface area contributed by atoms with Gasteiger partial charge in [-0.15, -0.1) is 0 Å². The van der Waals surface area contributed by atoms with E-state index in [1.165, 1.54) is 0 Å². The van der Waals surface area contributed by atoms with E-state index in [4.69, 9.17) is 22.1 Å². The number of rotatable bonds is 0. The molecule has 0 saturated heterocycles. The van der Waals surface area contributed by atoms with Gasteiger partial charge >= 0.3 is 0 Å². The Balaban J connectivity index is 0.000000606. The minimum absolute atomic E-state index is 0.188. The van der Waals surface area contributed by atoms with Crippen molar-refractivity contribution in [1.82, 2.24) is 0 Å². The van der Waals surface area contributed by atoms with Crippen LogP contribution >= 0.6 is 11.6 Å². The van der Waals surface area contributed by atoms with E-state index >= 15 is 0 Å². The number of nitrogens with zero attached hydrogens (tertiary/aromatic N) is 1. The summed E-state index contributed by atoms with van der Waals surface area (Å²) in [5, 5.41) is 0.578. The Morgan fingerprint density at radius 1 is 1.44 bits per heavy atom. The van der Waals surface area contributed by atoms with Crippen LogP contribution in [0.4, 0.5) is 11.4 Å². The zero-order chi connectivity index (χ0) is 12.3. The van der Waals surface area contributed by atoms with Gasteiger partial charge < -0.3 is 15.4 Å². The van der Waals surface area contributed by atoms with E-state index < -0.39 is 0 Å². The average Bonchev–Trinajstić information content (AvgIpc) is 2.24. The molecule has 1 aromatic rings. The van der Waals surface area contributed by atoms with Crippen LogP contribution in [0.3, 0.4) is 0 Å². The first-order valence-corrected chi connectivity index (χ1v) is 5.92. The standard InChI is InChI=1S/C10H13ClN2O.C2H6/c1-6-5-13(2)9-3-7(11)8(12)4-10(9)14-6;1-2/h3-4,6H,5,12H2,1-2H3;1-2H3. The number of benzene rings is 1. The third kappa shape index (κ3) is 2.53. The molecule has 2 N–H and O–H groups in total. The fraction of sp³-hybridized carbons (Fsp3) is 0.500. The zero-order valence-electron chi connectivity index (χ0n) is 10.2. The van der Waals surface area contributed by atoms with E-state index in [9.17, 15) is 0 Å². The minimum Gasteiger partial charge on any atom is -0.487 e. The quantitative estimate of drug-likeness (QED) is 0.711. The van der Waals surface area contributed by atoms with Gasteiger partial charge in [0, 0.05) is 13.1 Å². The van der Waals surface area contributed by atoms with Crippen molar-refractivity contribution in [3.63, 3.8) is 0 Å². The molecule has 0 spiro atoms. The molecule has 16 heavy (non-hydrogen) atoms. The van der Waals surface area contributed by atoms with E-state index in [1.807, 2.05) is 33.9 Å². The normalized spacial score (nSPS) is 18.1. The Kier molecular flexibility index (Phi) is 4.30. The highest BCUT2D eigenvalue weighted by Crippen LogP contribution is 2.37. The van der Waals surface area contributed by atoms with E-state index in [0.717, 1.165) is 18.0 Å². The number of halogens is 1. The summed E-state index contributed by atoms with van der Waals surface area (Å²) in [5.41, 5.74) is 7.27. The van der Waals surface area contributed by atoms with Gasteiger partial charge in [-0.2, -0.15) is 0 Å². The number of nitrogen functional groups attached to an aromatic ring is 1. The van der Waals surface area contributed by atoms with Crippen LogP contribution in [0.2, 0.25) is 5.02 Å². The van der Waals surface area contributed by atoms with Crippen molar-refractivity contribution in [1.29, 1.82) is 0 Å². The first kappa shape index (κ1) is 13.0. The lowest BCUT2D eigenvalue weighted by Gasteiger charge is -2.32. The lowest BCUT2D eigenvalue weighted by atomic mass is 10.2. The Bertz CT molecular complexity index is 368. The fourth-order valence-electron chi connectivity index (χ4n) is 1.69.